The summed E-state index contributed by atoms with van der Waals surface area (Å²) in [6.07, 6.45) is 5.44. The number of ether oxygens (including phenoxy) is 1. The summed E-state index contributed by atoms with van der Waals surface area (Å²) in [5.74, 6) is 0.431. The molecule has 1 aliphatic rings. The van der Waals surface area contributed by atoms with Crippen molar-refractivity contribution < 1.29 is 9.53 Å². The zero-order valence-corrected chi connectivity index (χ0v) is 13.8. The average molecular weight is 328 g/mol. The first kappa shape index (κ1) is 16.1. The molecular formula is C16H20N6O2. The van der Waals surface area contributed by atoms with Crippen molar-refractivity contribution in [3.63, 3.8) is 0 Å². The van der Waals surface area contributed by atoms with Crippen LogP contribution in [0.25, 0.3) is 0 Å². The predicted molar refractivity (Wildman–Crippen MR) is 89.1 cm³/mol. The van der Waals surface area contributed by atoms with Crippen LogP contribution < -0.4 is 15.0 Å². The van der Waals surface area contributed by atoms with Crippen molar-refractivity contribution in [3.05, 3.63) is 29.8 Å². The molecule has 1 amide bonds. The summed E-state index contributed by atoms with van der Waals surface area (Å²) >= 11 is 0. The zero-order valence-electron chi connectivity index (χ0n) is 13.8. The fourth-order valence-electron chi connectivity index (χ4n) is 2.60. The van der Waals surface area contributed by atoms with Gasteiger partial charge in [-0.05, 0) is 32.8 Å². The number of anilines is 2. The van der Waals surface area contributed by atoms with Crippen molar-refractivity contribution >= 4 is 17.5 Å². The van der Waals surface area contributed by atoms with E-state index < -0.39 is 0 Å². The van der Waals surface area contributed by atoms with Gasteiger partial charge in [-0.3, -0.25) is 4.79 Å². The molecule has 8 heteroatoms. The van der Waals surface area contributed by atoms with Gasteiger partial charge in [0.2, 0.25) is 5.95 Å². The summed E-state index contributed by atoms with van der Waals surface area (Å²) < 4.78 is 5.24. The Morgan fingerprint density at radius 2 is 1.79 bits per heavy atom. The molecular weight excluding hydrogens is 308 g/mol. The van der Waals surface area contributed by atoms with Crippen LogP contribution in [0.1, 0.15) is 24.2 Å². The first-order valence-corrected chi connectivity index (χ1v) is 7.93. The number of aromatic nitrogens is 4. The maximum atomic E-state index is 12.1. The summed E-state index contributed by atoms with van der Waals surface area (Å²) in [6.45, 7) is 5.53. The summed E-state index contributed by atoms with van der Waals surface area (Å²) in [5.41, 5.74) is 2.11. The first-order chi connectivity index (χ1) is 11.6. The molecule has 2 aromatic heterocycles. The van der Waals surface area contributed by atoms with Crippen LogP contribution in [-0.2, 0) is 4.79 Å². The van der Waals surface area contributed by atoms with Gasteiger partial charge in [-0.2, -0.15) is 0 Å². The molecule has 1 fully saturated rings. The molecule has 1 aliphatic heterocycles. The van der Waals surface area contributed by atoms with Gasteiger partial charge in [0.15, 0.2) is 6.61 Å². The van der Waals surface area contributed by atoms with E-state index in [9.17, 15) is 4.79 Å². The third-order valence-electron chi connectivity index (χ3n) is 3.79. The molecule has 126 valence electrons. The minimum Gasteiger partial charge on any atom is -0.453 e. The van der Waals surface area contributed by atoms with E-state index >= 15 is 0 Å². The lowest BCUT2D eigenvalue weighted by molar-refractivity contribution is -0.118. The monoisotopic (exact) mass is 328 g/mol. The van der Waals surface area contributed by atoms with Gasteiger partial charge in [0.05, 0.1) is 17.1 Å². The van der Waals surface area contributed by atoms with Gasteiger partial charge in [0.25, 0.3) is 5.91 Å². The lowest BCUT2D eigenvalue weighted by atomic mass is 10.3. The molecule has 3 rings (SSSR count). The Bertz CT molecular complexity index is 693. The SMILES string of the molecule is Cc1nc(N2CCCC2)nc(C)c1NC(=O)COc1ncccn1. The van der Waals surface area contributed by atoms with E-state index in [0.29, 0.717) is 5.69 Å². The van der Waals surface area contributed by atoms with Crippen molar-refractivity contribution in [2.75, 3.05) is 29.9 Å². The van der Waals surface area contributed by atoms with Gasteiger partial charge in [-0.1, -0.05) is 0 Å². The van der Waals surface area contributed by atoms with E-state index in [-0.39, 0.29) is 18.5 Å². The molecule has 0 atom stereocenters. The number of hydrogen-bond donors (Lipinski definition) is 1. The second-order valence-electron chi connectivity index (χ2n) is 5.63. The van der Waals surface area contributed by atoms with E-state index in [2.05, 4.69) is 30.2 Å². The van der Waals surface area contributed by atoms with E-state index in [1.54, 1.807) is 18.5 Å². The average Bonchev–Trinajstić information content (AvgIpc) is 3.11. The Hall–Kier alpha value is -2.77. The Morgan fingerprint density at radius 3 is 2.42 bits per heavy atom. The highest BCUT2D eigenvalue weighted by atomic mass is 16.5. The largest absolute Gasteiger partial charge is 0.453 e. The van der Waals surface area contributed by atoms with Crippen molar-refractivity contribution in [2.45, 2.75) is 26.7 Å². The Morgan fingerprint density at radius 1 is 1.17 bits per heavy atom. The number of aryl methyl sites for hydroxylation is 2. The highest BCUT2D eigenvalue weighted by molar-refractivity contribution is 5.92. The van der Waals surface area contributed by atoms with Crippen LogP contribution in [0.3, 0.4) is 0 Å². The van der Waals surface area contributed by atoms with Gasteiger partial charge in [-0.15, -0.1) is 0 Å². The highest BCUT2D eigenvalue weighted by Gasteiger charge is 2.18. The van der Waals surface area contributed by atoms with Gasteiger partial charge in [-0.25, -0.2) is 19.9 Å². The maximum Gasteiger partial charge on any atom is 0.316 e. The lowest BCUT2D eigenvalue weighted by Crippen LogP contribution is -2.24. The summed E-state index contributed by atoms with van der Waals surface area (Å²) in [4.78, 5) is 31.1. The Balaban J connectivity index is 1.64. The van der Waals surface area contributed by atoms with E-state index in [1.165, 1.54) is 12.8 Å². The quantitative estimate of drug-likeness (QED) is 0.889. The minimum absolute atomic E-state index is 0.168. The van der Waals surface area contributed by atoms with Crippen LogP contribution in [-0.4, -0.2) is 45.5 Å². The second kappa shape index (κ2) is 7.20. The van der Waals surface area contributed by atoms with Crippen LogP contribution in [0, 0.1) is 13.8 Å². The van der Waals surface area contributed by atoms with Gasteiger partial charge >= 0.3 is 6.01 Å². The molecule has 0 aromatic carbocycles. The minimum atomic E-state index is -0.300. The fraction of sp³-hybridized carbons (Fsp3) is 0.438. The number of hydrogen-bond acceptors (Lipinski definition) is 7. The molecule has 0 bridgehead atoms. The number of nitrogens with one attached hydrogen (secondary N) is 1. The summed E-state index contributed by atoms with van der Waals surface area (Å²) in [5, 5.41) is 2.80. The summed E-state index contributed by atoms with van der Waals surface area (Å²) in [7, 11) is 0. The van der Waals surface area contributed by atoms with Crippen molar-refractivity contribution in [3.8, 4) is 6.01 Å². The smallest absolute Gasteiger partial charge is 0.316 e. The van der Waals surface area contributed by atoms with E-state index in [0.717, 1.165) is 30.4 Å². The third kappa shape index (κ3) is 3.76. The van der Waals surface area contributed by atoms with Gasteiger partial charge < -0.3 is 15.0 Å². The Labute approximate surface area is 140 Å². The van der Waals surface area contributed by atoms with Crippen LogP contribution in [0.15, 0.2) is 18.5 Å². The maximum absolute atomic E-state index is 12.1. The van der Waals surface area contributed by atoms with Gasteiger partial charge in [0.1, 0.15) is 0 Å². The normalized spacial score (nSPS) is 13.8. The van der Waals surface area contributed by atoms with Crippen LogP contribution in [0.5, 0.6) is 6.01 Å². The van der Waals surface area contributed by atoms with E-state index in [4.69, 9.17) is 4.74 Å². The van der Waals surface area contributed by atoms with Crippen molar-refractivity contribution in [2.24, 2.45) is 0 Å². The number of nitrogens with zero attached hydrogens (tertiary/aromatic N) is 5. The van der Waals surface area contributed by atoms with E-state index in [1.807, 2.05) is 13.8 Å². The number of rotatable bonds is 5. The zero-order chi connectivity index (χ0) is 16.9. The predicted octanol–water partition coefficient (Wildman–Crippen LogP) is 1.50. The number of carbonyl (C=O) groups excluding carboxylic acids is 1. The fourth-order valence-corrected chi connectivity index (χ4v) is 2.60. The van der Waals surface area contributed by atoms with Crippen LogP contribution in [0.2, 0.25) is 0 Å². The first-order valence-electron chi connectivity index (χ1n) is 7.93. The topological polar surface area (TPSA) is 93.1 Å². The molecule has 8 nitrogen and oxygen atoms in total. The van der Waals surface area contributed by atoms with Crippen LogP contribution >= 0.6 is 0 Å². The van der Waals surface area contributed by atoms with Crippen LogP contribution in [0.4, 0.5) is 11.6 Å². The second-order valence-corrected chi connectivity index (χ2v) is 5.63. The number of amides is 1. The highest BCUT2D eigenvalue weighted by Crippen LogP contribution is 2.22. The molecule has 0 unspecified atom stereocenters. The lowest BCUT2D eigenvalue weighted by Gasteiger charge is -2.18. The molecule has 0 spiro atoms. The third-order valence-corrected chi connectivity index (χ3v) is 3.79. The van der Waals surface area contributed by atoms with Gasteiger partial charge in [0, 0.05) is 25.5 Å². The van der Waals surface area contributed by atoms with Crippen molar-refractivity contribution in [1.82, 2.24) is 19.9 Å². The molecule has 24 heavy (non-hydrogen) atoms. The molecule has 1 N–H and O–H groups in total. The molecule has 0 radical (unpaired) electrons. The molecule has 1 saturated heterocycles. The molecule has 3 heterocycles. The standard InChI is InChI=1S/C16H20N6O2/c1-11-14(12(2)20-15(19-11)22-8-3-4-9-22)21-13(23)10-24-16-17-6-5-7-18-16/h5-7H,3-4,8-10H2,1-2H3,(H,21,23). The molecule has 2 aromatic rings. The molecule has 0 aliphatic carbocycles. The number of carbonyl (C=O) groups is 1. The Kier molecular flexibility index (Phi) is 4.83. The molecule has 0 saturated carbocycles. The summed E-state index contributed by atoms with van der Waals surface area (Å²) in [6, 6.07) is 1.85. The van der Waals surface area contributed by atoms with Crippen molar-refractivity contribution in [1.29, 1.82) is 0 Å².